The highest BCUT2D eigenvalue weighted by atomic mass is 16.2. The van der Waals surface area contributed by atoms with Crippen molar-refractivity contribution in [1.82, 2.24) is 23.1 Å². The van der Waals surface area contributed by atoms with Crippen LogP contribution in [0, 0.1) is 0 Å². The summed E-state index contributed by atoms with van der Waals surface area (Å²) in [5.41, 5.74) is 3.86. The van der Waals surface area contributed by atoms with Crippen LogP contribution < -0.4 is 16.1 Å². The Morgan fingerprint density at radius 3 is 2.19 bits per heavy atom. The molecule has 0 aliphatic carbocycles. The van der Waals surface area contributed by atoms with Crippen molar-refractivity contribution in [3.8, 4) is 16.9 Å². The molecule has 0 radical (unpaired) electrons. The van der Waals surface area contributed by atoms with Gasteiger partial charge in [0.25, 0.3) is 5.56 Å². The van der Waals surface area contributed by atoms with Crippen LogP contribution in [0.25, 0.3) is 33.9 Å². The van der Waals surface area contributed by atoms with E-state index in [0.29, 0.717) is 16.9 Å². The number of hydrogen-bond donors (Lipinski definition) is 0. The summed E-state index contributed by atoms with van der Waals surface area (Å²) in [5.74, 6) is 0.574. The van der Waals surface area contributed by atoms with Gasteiger partial charge in [-0.05, 0) is 24.3 Å². The Morgan fingerprint density at radius 1 is 0.871 bits per heavy atom. The number of nitrogens with zero attached hydrogens (tertiary/aromatic N) is 6. The average Bonchev–Trinajstić information content (AvgIpc) is 3.33. The normalized spacial score (nSPS) is 11.5. The SMILES string of the molecule is CN(C)c1ccc(-n2c(-c3ccccc3)cn3c4c(=O)n(C)c(=O)n(C)c4nc23)cc1. The summed E-state index contributed by atoms with van der Waals surface area (Å²) in [7, 11) is 7.11. The van der Waals surface area contributed by atoms with Gasteiger partial charge in [0.15, 0.2) is 11.2 Å². The minimum absolute atomic E-state index is 0.362. The minimum Gasteiger partial charge on any atom is -0.378 e. The van der Waals surface area contributed by atoms with Gasteiger partial charge in [-0.1, -0.05) is 30.3 Å². The molecule has 2 aromatic carbocycles. The van der Waals surface area contributed by atoms with E-state index in [2.05, 4.69) is 0 Å². The molecule has 0 saturated carbocycles. The van der Waals surface area contributed by atoms with Crippen molar-refractivity contribution < 1.29 is 0 Å². The maximum absolute atomic E-state index is 13.0. The number of aromatic nitrogens is 5. The lowest BCUT2D eigenvalue weighted by atomic mass is 10.1. The average molecular weight is 414 g/mol. The van der Waals surface area contributed by atoms with E-state index in [1.54, 1.807) is 11.4 Å². The summed E-state index contributed by atoms with van der Waals surface area (Å²) < 4.78 is 6.31. The van der Waals surface area contributed by atoms with Crippen LogP contribution in [0.15, 0.2) is 70.4 Å². The van der Waals surface area contributed by atoms with Crippen LogP contribution in [0.3, 0.4) is 0 Å². The van der Waals surface area contributed by atoms with Crippen LogP contribution in [-0.2, 0) is 14.1 Å². The second-order valence-electron chi connectivity index (χ2n) is 7.79. The smallest absolute Gasteiger partial charge is 0.332 e. The van der Waals surface area contributed by atoms with Crippen LogP contribution in [0.5, 0.6) is 0 Å². The lowest BCUT2D eigenvalue weighted by molar-refractivity contribution is 0.708. The molecule has 8 nitrogen and oxygen atoms in total. The topological polar surface area (TPSA) is 69.5 Å². The van der Waals surface area contributed by atoms with Gasteiger partial charge in [-0.15, -0.1) is 0 Å². The van der Waals surface area contributed by atoms with E-state index in [1.807, 2.05) is 84.4 Å². The number of benzene rings is 2. The maximum atomic E-state index is 13.0. The molecule has 8 heteroatoms. The molecule has 0 saturated heterocycles. The fourth-order valence-corrected chi connectivity index (χ4v) is 3.94. The number of aryl methyl sites for hydroxylation is 1. The van der Waals surface area contributed by atoms with Gasteiger partial charge in [-0.25, -0.2) is 4.79 Å². The first-order valence-electron chi connectivity index (χ1n) is 9.91. The number of rotatable bonds is 3. The summed E-state index contributed by atoms with van der Waals surface area (Å²) in [4.78, 5) is 32.1. The van der Waals surface area contributed by atoms with Crippen LogP contribution in [-0.4, -0.2) is 37.2 Å². The fourth-order valence-electron chi connectivity index (χ4n) is 3.94. The van der Waals surface area contributed by atoms with Crippen LogP contribution in [0.2, 0.25) is 0 Å². The zero-order valence-electron chi connectivity index (χ0n) is 17.8. The van der Waals surface area contributed by atoms with Crippen molar-refractivity contribution in [2.45, 2.75) is 0 Å². The summed E-state index contributed by atoms with van der Waals surface area (Å²) in [6.45, 7) is 0. The van der Waals surface area contributed by atoms with Gasteiger partial charge in [0, 0.05) is 51.3 Å². The summed E-state index contributed by atoms with van der Waals surface area (Å²) in [5, 5.41) is 0. The maximum Gasteiger partial charge on any atom is 0.332 e. The van der Waals surface area contributed by atoms with Crippen LogP contribution in [0.1, 0.15) is 0 Å². The van der Waals surface area contributed by atoms with Crippen molar-refractivity contribution >= 4 is 22.6 Å². The van der Waals surface area contributed by atoms with Gasteiger partial charge in [0.05, 0.1) is 5.69 Å². The Labute approximate surface area is 177 Å². The monoisotopic (exact) mass is 414 g/mol. The Kier molecular flexibility index (Phi) is 4.11. The van der Waals surface area contributed by atoms with Crippen LogP contribution >= 0.6 is 0 Å². The zero-order chi connectivity index (χ0) is 21.9. The lowest BCUT2D eigenvalue weighted by Gasteiger charge is -2.14. The van der Waals surface area contributed by atoms with E-state index < -0.39 is 5.69 Å². The standard InChI is InChI=1S/C23H22N6O2/c1-25(2)16-10-12-17(13-11-16)29-18(15-8-6-5-7-9-15)14-28-19-20(24-22(28)29)26(3)23(31)27(4)21(19)30/h5-14H,1-4H3. The third kappa shape index (κ3) is 2.72. The van der Waals surface area contributed by atoms with Gasteiger partial charge in [0.1, 0.15) is 0 Å². The molecule has 0 aliphatic rings. The molecule has 0 fully saturated rings. The third-order valence-electron chi connectivity index (χ3n) is 5.66. The number of imidazole rings is 2. The van der Waals surface area contributed by atoms with Crippen molar-refractivity contribution in [3.63, 3.8) is 0 Å². The number of hydrogen-bond acceptors (Lipinski definition) is 4. The summed E-state index contributed by atoms with van der Waals surface area (Å²) in [6, 6.07) is 18.1. The molecule has 156 valence electrons. The fraction of sp³-hybridized carbons (Fsp3) is 0.174. The van der Waals surface area contributed by atoms with Gasteiger partial charge in [-0.3, -0.25) is 22.9 Å². The molecular formula is C23H22N6O2. The van der Waals surface area contributed by atoms with Crippen LogP contribution in [0.4, 0.5) is 5.69 Å². The second kappa shape index (κ2) is 6.73. The lowest BCUT2D eigenvalue weighted by Crippen LogP contribution is -2.37. The molecule has 0 amide bonds. The van der Waals surface area contributed by atoms with E-state index in [9.17, 15) is 9.59 Å². The summed E-state index contributed by atoms with van der Waals surface area (Å²) in [6.07, 6.45) is 1.91. The van der Waals surface area contributed by atoms with E-state index in [0.717, 1.165) is 27.2 Å². The predicted molar refractivity (Wildman–Crippen MR) is 122 cm³/mol. The van der Waals surface area contributed by atoms with Crippen molar-refractivity contribution in [3.05, 3.63) is 81.6 Å². The van der Waals surface area contributed by atoms with E-state index in [4.69, 9.17) is 4.98 Å². The molecule has 5 rings (SSSR count). The highest BCUT2D eigenvalue weighted by molar-refractivity contribution is 5.79. The summed E-state index contributed by atoms with van der Waals surface area (Å²) >= 11 is 0. The van der Waals surface area contributed by atoms with Gasteiger partial charge < -0.3 is 4.90 Å². The number of anilines is 1. The van der Waals surface area contributed by atoms with Crippen molar-refractivity contribution in [1.29, 1.82) is 0 Å². The number of fused-ring (bicyclic) bond motifs is 3. The molecule has 3 heterocycles. The molecule has 0 bridgehead atoms. The van der Waals surface area contributed by atoms with Gasteiger partial charge in [-0.2, -0.15) is 4.98 Å². The Bertz CT molecular complexity index is 1550. The quantitative estimate of drug-likeness (QED) is 0.455. The van der Waals surface area contributed by atoms with E-state index in [-0.39, 0.29) is 5.56 Å². The zero-order valence-corrected chi connectivity index (χ0v) is 17.8. The Balaban J connectivity index is 1.91. The molecular weight excluding hydrogens is 392 g/mol. The molecule has 0 atom stereocenters. The van der Waals surface area contributed by atoms with Crippen molar-refractivity contribution in [2.75, 3.05) is 19.0 Å². The first-order valence-corrected chi connectivity index (χ1v) is 9.91. The van der Waals surface area contributed by atoms with Gasteiger partial charge >= 0.3 is 5.69 Å². The largest absolute Gasteiger partial charge is 0.378 e. The molecule has 0 spiro atoms. The molecule has 5 aromatic rings. The minimum atomic E-state index is -0.400. The molecule has 0 N–H and O–H groups in total. The first-order chi connectivity index (χ1) is 14.9. The van der Waals surface area contributed by atoms with E-state index >= 15 is 0 Å². The third-order valence-corrected chi connectivity index (χ3v) is 5.66. The molecule has 3 aromatic heterocycles. The second-order valence-corrected chi connectivity index (χ2v) is 7.79. The van der Waals surface area contributed by atoms with Gasteiger partial charge in [0.2, 0.25) is 5.78 Å². The van der Waals surface area contributed by atoms with E-state index in [1.165, 1.54) is 11.6 Å². The molecule has 31 heavy (non-hydrogen) atoms. The van der Waals surface area contributed by atoms with Crippen molar-refractivity contribution in [2.24, 2.45) is 14.1 Å². The Morgan fingerprint density at radius 2 is 1.55 bits per heavy atom. The highest BCUT2D eigenvalue weighted by Crippen LogP contribution is 2.29. The highest BCUT2D eigenvalue weighted by Gasteiger charge is 2.21. The Hall–Kier alpha value is -4.07. The molecule has 0 unspecified atom stereocenters. The molecule has 0 aliphatic heterocycles. The predicted octanol–water partition coefficient (Wildman–Crippen LogP) is 2.41. The first kappa shape index (κ1) is 18.9.